The van der Waals surface area contributed by atoms with Gasteiger partial charge in [0.15, 0.2) is 6.29 Å². The van der Waals surface area contributed by atoms with Gasteiger partial charge in [0.1, 0.15) is 30.5 Å². The Balaban J connectivity index is 2.48. The lowest BCUT2D eigenvalue weighted by Gasteiger charge is -2.41. The van der Waals surface area contributed by atoms with Crippen LogP contribution in [0.2, 0.25) is 0 Å². The van der Waals surface area contributed by atoms with Gasteiger partial charge >= 0.3 is 10.4 Å². The highest BCUT2D eigenvalue weighted by molar-refractivity contribution is 7.80. The monoisotopic (exact) mass is 868 g/mol. The molecule has 59 heavy (non-hydrogen) atoms. The molecule has 13 nitrogen and oxygen atoms in total. The van der Waals surface area contributed by atoms with E-state index in [9.17, 15) is 43.3 Å². The summed E-state index contributed by atoms with van der Waals surface area (Å²) in [5.74, 6) is -0.666. The minimum Gasteiger partial charge on any atom is -0.394 e. The van der Waals surface area contributed by atoms with Crippen LogP contribution in [0.15, 0.2) is 0 Å². The number of ether oxygens (including phenoxy) is 2. The summed E-state index contributed by atoms with van der Waals surface area (Å²) in [5.41, 5.74) is 0. The zero-order valence-electron chi connectivity index (χ0n) is 37.2. The van der Waals surface area contributed by atoms with Crippen LogP contribution in [-0.4, -0.2) is 107 Å². The number of aliphatic hydroxyl groups excluding tert-OH is 5. The fraction of sp³-hybridized carbons (Fsp3) is 0.978. The second-order valence-corrected chi connectivity index (χ2v) is 18.3. The van der Waals surface area contributed by atoms with Crippen molar-refractivity contribution in [3.8, 4) is 0 Å². The van der Waals surface area contributed by atoms with E-state index >= 15 is 0 Å². The van der Waals surface area contributed by atoms with Crippen LogP contribution in [0.1, 0.15) is 219 Å². The van der Waals surface area contributed by atoms with Crippen LogP contribution < -0.4 is 5.32 Å². The Labute approximate surface area is 359 Å². The molecule has 0 aliphatic carbocycles. The van der Waals surface area contributed by atoms with Gasteiger partial charge in [0, 0.05) is 0 Å². The van der Waals surface area contributed by atoms with Gasteiger partial charge in [-0.2, -0.15) is 8.42 Å². The lowest BCUT2D eigenvalue weighted by Crippen LogP contribution is -2.61. The molecule has 0 saturated carbocycles. The zero-order chi connectivity index (χ0) is 43.6. The van der Waals surface area contributed by atoms with Gasteiger partial charge in [-0.05, 0) is 12.8 Å². The molecular weight excluding hydrogens is 779 g/mol. The van der Waals surface area contributed by atoms with Crippen LogP contribution in [0, 0.1) is 0 Å². The topological polar surface area (TPSA) is 212 Å². The van der Waals surface area contributed by atoms with Gasteiger partial charge in [0.05, 0.1) is 25.4 Å². The van der Waals surface area contributed by atoms with Crippen molar-refractivity contribution in [3.63, 3.8) is 0 Å². The second-order valence-electron chi connectivity index (χ2n) is 17.2. The third kappa shape index (κ3) is 29.1. The molecule has 1 amide bonds. The molecule has 7 N–H and O–H groups in total. The Kier molecular flexibility index (Phi) is 34.7. The molecule has 1 aliphatic heterocycles. The normalized spacial score (nSPS) is 21.4. The van der Waals surface area contributed by atoms with Crippen molar-refractivity contribution in [1.29, 1.82) is 0 Å². The maximum atomic E-state index is 13.1. The minimum atomic E-state index is -5.10. The van der Waals surface area contributed by atoms with E-state index in [-0.39, 0.29) is 6.42 Å². The van der Waals surface area contributed by atoms with Crippen LogP contribution in [0.3, 0.4) is 0 Å². The SMILES string of the molecule is CCCCCCCCCCCCCCCCCCCCCC(O)C(=O)NC(COC1OC(CO)C(O)C(OS(=O)(=O)O)C1O)C(O)CCCCCCCCCCCCC. The molecule has 1 rings (SSSR count). The van der Waals surface area contributed by atoms with Crippen molar-refractivity contribution >= 4 is 16.3 Å². The number of amides is 1. The number of rotatable bonds is 41. The predicted molar refractivity (Wildman–Crippen MR) is 233 cm³/mol. The maximum absolute atomic E-state index is 13.1. The number of carbonyl (C=O) groups is 1. The first-order valence-electron chi connectivity index (χ1n) is 24.0. The van der Waals surface area contributed by atoms with E-state index in [0.717, 1.165) is 38.5 Å². The van der Waals surface area contributed by atoms with Crippen LogP contribution >= 0.6 is 0 Å². The summed E-state index contributed by atoms with van der Waals surface area (Å²) >= 11 is 0. The van der Waals surface area contributed by atoms with E-state index in [0.29, 0.717) is 19.3 Å². The summed E-state index contributed by atoms with van der Waals surface area (Å²) < 4.78 is 47.5. The van der Waals surface area contributed by atoms with Crippen molar-refractivity contribution in [2.24, 2.45) is 0 Å². The molecule has 1 aliphatic rings. The summed E-state index contributed by atoms with van der Waals surface area (Å²) in [7, 11) is -5.10. The number of hydrogen-bond donors (Lipinski definition) is 7. The summed E-state index contributed by atoms with van der Waals surface area (Å²) in [6.45, 7) is 3.28. The van der Waals surface area contributed by atoms with E-state index in [1.165, 1.54) is 141 Å². The molecule has 0 bridgehead atoms. The largest absolute Gasteiger partial charge is 0.397 e. The molecule has 0 aromatic rings. The molecule has 1 heterocycles. The average Bonchev–Trinajstić information content (AvgIpc) is 3.20. The van der Waals surface area contributed by atoms with Crippen LogP contribution in [-0.2, 0) is 28.9 Å². The Hall–Kier alpha value is -0.940. The molecule has 8 atom stereocenters. The Bertz CT molecular complexity index is 1090. The van der Waals surface area contributed by atoms with E-state index in [1.54, 1.807) is 0 Å². The summed E-state index contributed by atoms with van der Waals surface area (Å²) in [6.07, 6.45) is 25.8. The Morgan fingerprint density at radius 3 is 1.36 bits per heavy atom. The highest BCUT2D eigenvalue weighted by atomic mass is 32.3. The molecule has 0 spiro atoms. The van der Waals surface area contributed by atoms with E-state index in [1.807, 2.05) is 0 Å². The van der Waals surface area contributed by atoms with Gasteiger partial charge in [-0.15, -0.1) is 0 Å². The van der Waals surface area contributed by atoms with Gasteiger partial charge in [0.2, 0.25) is 5.91 Å². The molecule has 14 heteroatoms. The fourth-order valence-electron chi connectivity index (χ4n) is 7.94. The third-order valence-electron chi connectivity index (χ3n) is 11.8. The first-order valence-corrected chi connectivity index (χ1v) is 25.4. The molecule has 0 radical (unpaired) electrons. The first kappa shape index (κ1) is 56.1. The first-order chi connectivity index (χ1) is 28.4. The van der Waals surface area contributed by atoms with Gasteiger partial charge < -0.3 is 40.3 Å². The van der Waals surface area contributed by atoms with Crippen molar-refractivity contribution in [1.82, 2.24) is 5.32 Å². The van der Waals surface area contributed by atoms with Crippen molar-refractivity contribution in [3.05, 3.63) is 0 Å². The van der Waals surface area contributed by atoms with Crippen LogP contribution in [0.4, 0.5) is 0 Å². The summed E-state index contributed by atoms with van der Waals surface area (Å²) in [4.78, 5) is 13.1. The Morgan fingerprint density at radius 2 is 0.983 bits per heavy atom. The highest BCUT2D eigenvalue weighted by Gasteiger charge is 2.48. The second kappa shape index (κ2) is 36.5. The lowest BCUT2D eigenvalue weighted by atomic mass is 9.99. The van der Waals surface area contributed by atoms with Gasteiger partial charge in [-0.1, -0.05) is 206 Å². The van der Waals surface area contributed by atoms with Crippen LogP contribution in [0.5, 0.6) is 0 Å². The van der Waals surface area contributed by atoms with Gasteiger partial charge in [-0.3, -0.25) is 9.35 Å². The number of unbranched alkanes of at least 4 members (excludes halogenated alkanes) is 28. The molecule has 1 fully saturated rings. The molecule has 0 aromatic carbocycles. The quantitative estimate of drug-likeness (QED) is 0.0228. The molecule has 352 valence electrons. The van der Waals surface area contributed by atoms with Crippen molar-refractivity contribution in [2.45, 2.75) is 268 Å². The summed E-state index contributed by atoms with van der Waals surface area (Å²) in [6, 6.07) is -1.03. The molecular formula is C45H89NO12S. The van der Waals surface area contributed by atoms with Crippen LogP contribution in [0.25, 0.3) is 0 Å². The number of carbonyl (C=O) groups excluding carboxylic acids is 1. The number of hydrogen-bond acceptors (Lipinski definition) is 11. The molecule has 8 unspecified atom stereocenters. The third-order valence-corrected chi connectivity index (χ3v) is 12.2. The number of nitrogens with one attached hydrogen (secondary N) is 1. The average molecular weight is 868 g/mol. The van der Waals surface area contributed by atoms with Crippen molar-refractivity contribution in [2.75, 3.05) is 13.2 Å². The van der Waals surface area contributed by atoms with E-state index in [4.69, 9.17) is 9.47 Å². The fourth-order valence-corrected chi connectivity index (χ4v) is 8.45. The van der Waals surface area contributed by atoms with E-state index in [2.05, 4.69) is 23.3 Å². The number of aliphatic hydroxyl groups is 5. The standard InChI is InChI=1S/C45H89NO12S/c1-3-5-7-9-11-13-15-16-17-18-19-20-21-22-24-26-28-30-32-34-39(49)44(52)46-37(38(48)33-31-29-27-25-23-14-12-10-8-6-4-2)36-56-45-42(51)43(58-59(53,54)55)41(50)40(35-47)57-45/h37-43,45,47-51H,3-36H2,1-2H3,(H,46,52)(H,53,54,55). The summed E-state index contributed by atoms with van der Waals surface area (Å²) in [5, 5.41) is 55.3. The highest BCUT2D eigenvalue weighted by Crippen LogP contribution is 2.26. The molecule has 1 saturated heterocycles. The van der Waals surface area contributed by atoms with Gasteiger partial charge in [-0.25, -0.2) is 4.18 Å². The smallest absolute Gasteiger partial charge is 0.394 e. The Morgan fingerprint density at radius 1 is 0.610 bits per heavy atom. The van der Waals surface area contributed by atoms with E-state index < -0.39 is 78.5 Å². The van der Waals surface area contributed by atoms with Gasteiger partial charge in [0.25, 0.3) is 0 Å². The van der Waals surface area contributed by atoms with Crippen molar-refractivity contribution < 1.29 is 57.0 Å². The molecule has 0 aromatic heterocycles. The maximum Gasteiger partial charge on any atom is 0.397 e. The zero-order valence-corrected chi connectivity index (χ0v) is 38.0. The lowest BCUT2D eigenvalue weighted by molar-refractivity contribution is -0.298. The minimum absolute atomic E-state index is 0.266. The predicted octanol–water partition coefficient (Wildman–Crippen LogP) is 8.36.